The second-order valence-corrected chi connectivity index (χ2v) is 5.78. The van der Waals surface area contributed by atoms with Gasteiger partial charge in [-0.25, -0.2) is 18.1 Å². The van der Waals surface area contributed by atoms with Gasteiger partial charge in [0.1, 0.15) is 0 Å². The Morgan fingerprint density at radius 3 is 2.76 bits per heavy atom. The lowest BCUT2D eigenvalue weighted by Crippen LogP contribution is -2.25. The molecule has 0 bridgehead atoms. The summed E-state index contributed by atoms with van der Waals surface area (Å²) in [4.78, 5) is 3.87. The molecule has 1 rings (SSSR count). The van der Waals surface area contributed by atoms with Crippen LogP contribution in [0.5, 0.6) is 0 Å². The van der Waals surface area contributed by atoms with Gasteiger partial charge in [0, 0.05) is 25.2 Å². The van der Waals surface area contributed by atoms with Crippen LogP contribution in [0.25, 0.3) is 0 Å². The largest absolute Gasteiger partial charge is 0.336 e. The molecule has 0 aliphatic heterocycles. The molecule has 0 saturated carbocycles. The van der Waals surface area contributed by atoms with Gasteiger partial charge in [-0.3, -0.25) is 0 Å². The topological polar surface area (TPSA) is 64.0 Å². The average Bonchev–Trinajstić information content (AvgIpc) is 2.78. The second kappa shape index (κ2) is 6.98. The van der Waals surface area contributed by atoms with Crippen molar-refractivity contribution in [1.82, 2.24) is 14.3 Å². The number of aromatic nitrogens is 2. The van der Waals surface area contributed by atoms with Crippen molar-refractivity contribution in [2.75, 3.05) is 12.4 Å². The van der Waals surface area contributed by atoms with Gasteiger partial charge in [0.15, 0.2) is 5.03 Å². The molecule has 17 heavy (non-hydrogen) atoms. The number of aryl methyl sites for hydroxylation is 1. The third-order valence-electron chi connectivity index (χ3n) is 2.35. The van der Waals surface area contributed by atoms with Crippen molar-refractivity contribution in [3.63, 3.8) is 0 Å². The quantitative estimate of drug-likeness (QED) is 0.581. The van der Waals surface area contributed by atoms with Crippen LogP contribution in [0.2, 0.25) is 0 Å². The van der Waals surface area contributed by atoms with Crippen LogP contribution in [0.1, 0.15) is 26.2 Å². The van der Waals surface area contributed by atoms with E-state index < -0.39 is 10.0 Å². The highest BCUT2D eigenvalue weighted by atomic mass is 35.5. The summed E-state index contributed by atoms with van der Waals surface area (Å²) < 4.78 is 27.8. The number of rotatable bonds is 8. The van der Waals surface area contributed by atoms with Gasteiger partial charge < -0.3 is 4.57 Å². The van der Waals surface area contributed by atoms with E-state index in [1.54, 1.807) is 4.57 Å². The van der Waals surface area contributed by atoms with Gasteiger partial charge in [0.2, 0.25) is 0 Å². The van der Waals surface area contributed by atoms with Crippen molar-refractivity contribution in [3.05, 3.63) is 12.5 Å². The van der Waals surface area contributed by atoms with Crippen LogP contribution < -0.4 is 4.72 Å². The number of alkyl halides is 1. The molecule has 0 fully saturated rings. The summed E-state index contributed by atoms with van der Waals surface area (Å²) in [5.41, 5.74) is 0. The summed E-state index contributed by atoms with van der Waals surface area (Å²) in [6, 6.07) is 0. The van der Waals surface area contributed by atoms with Gasteiger partial charge in [-0.05, 0) is 19.8 Å². The van der Waals surface area contributed by atoms with Crippen LogP contribution in [0.4, 0.5) is 0 Å². The molecule has 98 valence electrons. The monoisotopic (exact) mass is 279 g/mol. The zero-order valence-electron chi connectivity index (χ0n) is 9.89. The number of nitrogens with zero attached hydrogens (tertiary/aromatic N) is 2. The molecule has 1 heterocycles. The fourth-order valence-electron chi connectivity index (χ4n) is 1.33. The second-order valence-electron chi connectivity index (χ2n) is 3.69. The third kappa shape index (κ3) is 4.65. The highest BCUT2D eigenvalue weighted by Gasteiger charge is 2.15. The van der Waals surface area contributed by atoms with Crippen molar-refractivity contribution < 1.29 is 8.42 Å². The number of nitrogens with one attached hydrogen (secondary N) is 1. The summed E-state index contributed by atoms with van der Waals surface area (Å²) in [6.45, 7) is 3.06. The summed E-state index contributed by atoms with van der Waals surface area (Å²) in [5.74, 6) is 0.619. The predicted octanol–water partition coefficient (Wildman–Crippen LogP) is 1.59. The van der Waals surface area contributed by atoms with Gasteiger partial charge in [0.25, 0.3) is 10.0 Å². The molecular weight excluding hydrogens is 262 g/mol. The fraction of sp³-hybridized carbons (Fsp3) is 0.700. The minimum Gasteiger partial charge on any atom is -0.336 e. The molecule has 0 spiro atoms. The van der Waals surface area contributed by atoms with E-state index in [4.69, 9.17) is 11.6 Å². The van der Waals surface area contributed by atoms with Crippen LogP contribution in [-0.4, -0.2) is 30.4 Å². The lowest BCUT2D eigenvalue weighted by atomic mass is 10.2. The molecular formula is C10H18ClN3O2S. The van der Waals surface area contributed by atoms with E-state index in [1.165, 1.54) is 12.5 Å². The number of sulfonamides is 1. The molecule has 7 heteroatoms. The highest BCUT2D eigenvalue weighted by molar-refractivity contribution is 7.89. The Balaban J connectivity index is 2.45. The van der Waals surface area contributed by atoms with E-state index in [-0.39, 0.29) is 5.03 Å². The molecule has 0 aromatic carbocycles. The minimum atomic E-state index is -3.45. The zero-order chi connectivity index (χ0) is 12.7. The molecule has 0 unspecified atom stereocenters. The van der Waals surface area contributed by atoms with Crippen LogP contribution in [0.15, 0.2) is 17.6 Å². The van der Waals surface area contributed by atoms with Crippen LogP contribution in [-0.2, 0) is 16.6 Å². The number of hydrogen-bond acceptors (Lipinski definition) is 3. The Bertz CT molecular complexity index is 431. The number of halogens is 1. The first-order valence-electron chi connectivity index (χ1n) is 5.67. The van der Waals surface area contributed by atoms with Crippen LogP contribution >= 0.6 is 11.6 Å². The molecule has 0 aliphatic carbocycles. The van der Waals surface area contributed by atoms with Crippen molar-refractivity contribution in [2.45, 2.75) is 37.8 Å². The first-order chi connectivity index (χ1) is 8.10. The first-order valence-corrected chi connectivity index (χ1v) is 7.69. The Morgan fingerprint density at radius 2 is 2.18 bits per heavy atom. The molecule has 0 amide bonds. The van der Waals surface area contributed by atoms with Gasteiger partial charge in [-0.1, -0.05) is 6.42 Å². The maximum absolute atomic E-state index is 11.8. The summed E-state index contributed by atoms with van der Waals surface area (Å²) in [5, 5.41) is 0.0803. The maximum atomic E-state index is 11.8. The van der Waals surface area contributed by atoms with Crippen molar-refractivity contribution in [2.24, 2.45) is 0 Å². The standard InChI is InChI=1S/C10H18ClN3O2S/c1-2-14-8-10(12-9-14)17(15,16)13-7-5-3-4-6-11/h8-9,13H,2-7H2,1H3. The Labute approximate surface area is 107 Å². The average molecular weight is 280 g/mol. The minimum absolute atomic E-state index is 0.0803. The van der Waals surface area contributed by atoms with Crippen LogP contribution in [0.3, 0.4) is 0 Å². The maximum Gasteiger partial charge on any atom is 0.259 e. The number of hydrogen-bond donors (Lipinski definition) is 1. The zero-order valence-corrected chi connectivity index (χ0v) is 11.5. The summed E-state index contributed by atoms with van der Waals surface area (Å²) >= 11 is 5.53. The first kappa shape index (κ1) is 14.5. The van der Waals surface area contributed by atoms with E-state index in [2.05, 4.69) is 9.71 Å². The molecule has 0 atom stereocenters. The Morgan fingerprint density at radius 1 is 1.41 bits per heavy atom. The van der Waals surface area contributed by atoms with E-state index in [0.29, 0.717) is 19.0 Å². The van der Waals surface area contributed by atoms with E-state index in [9.17, 15) is 8.42 Å². The predicted molar refractivity (Wildman–Crippen MR) is 67.7 cm³/mol. The molecule has 5 nitrogen and oxygen atoms in total. The van der Waals surface area contributed by atoms with E-state index >= 15 is 0 Å². The molecule has 0 saturated heterocycles. The summed E-state index contributed by atoms with van der Waals surface area (Å²) in [6.07, 6.45) is 5.67. The highest BCUT2D eigenvalue weighted by Crippen LogP contribution is 2.05. The lowest BCUT2D eigenvalue weighted by Gasteiger charge is -2.03. The van der Waals surface area contributed by atoms with E-state index in [1.807, 2.05) is 6.92 Å². The van der Waals surface area contributed by atoms with Crippen molar-refractivity contribution in [3.8, 4) is 0 Å². The van der Waals surface area contributed by atoms with Gasteiger partial charge in [0.05, 0.1) is 6.33 Å². The molecule has 0 radical (unpaired) electrons. The molecule has 1 aromatic rings. The molecule has 0 aliphatic rings. The SMILES string of the molecule is CCn1cnc(S(=O)(=O)NCCCCCCl)c1. The van der Waals surface area contributed by atoms with Gasteiger partial charge in [-0.2, -0.15) is 0 Å². The van der Waals surface area contributed by atoms with E-state index in [0.717, 1.165) is 19.3 Å². The number of unbranched alkanes of at least 4 members (excludes halogenated alkanes) is 2. The third-order valence-corrected chi connectivity index (χ3v) is 3.97. The number of imidazole rings is 1. The van der Waals surface area contributed by atoms with Gasteiger partial charge >= 0.3 is 0 Å². The fourth-order valence-corrected chi connectivity index (χ4v) is 2.54. The Hall–Kier alpha value is -0.590. The normalized spacial score (nSPS) is 11.9. The van der Waals surface area contributed by atoms with Crippen LogP contribution in [0, 0.1) is 0 Å². The van der Waals surface area contributed by atoms with Crippen molar-refractivity contribution >= 4 is 21.6 Å². The van der Waals surface area contributed by atoms with Gasteiger partial charge in [-0.15, -0.1) is 11.6 Å². The lowest BCUT2D eigenvalue weighted by molar-refractivity contribution is 0.573. The van der Waals surface area contributed by atoms with Crippen molar-refractivity contribution in [1.29, 1.82) is 0 Å². The smallest absolute Gasteiger partial charge is 0.259 e. The molecule has 1 aromatic heterocycles. The molecule has 1 N–H and O–H groups in total. The Kier molecular flexibility index (Phi) is 5.94. The summed E-state index contributed by atoms with van der Waals surface area (Å²) in [7, 11) is -3.45.